The summed E-state index contributed by atoms with van der Waals surface area (Å²) in [5.41, 5.74) is 8.35. The predicted octanol–water partition coefficient (Wildman–Crippen LogP) is 6.52. The zero-order valence-electron chi connectivity index (χ0n) is 15.0. The summed E-state index contributed by atoms with van der Waals surface area (Å²) in [5, 5.41) is 0. The number of aryl methyl sites for hydroxylation is 2. The standard InChI is InChI=1S/C23H30/c1-5-9-23-17-20(13-14-21(23)7-3)16-18(4)22-11-8-10-19(6-2)12-15-22/h8,11-15,17H,4-7,9-10,16H2,1-3H3. The highest BCUT2D eigenvalue weighted by molar-refractivity contribution is 5.46. The van der Waals surface area contributed by atoms with Crippen LogP contribution in [0, 0.1) is 0 Å². The predicted molar refractivity (Wildman–Crippen MR) is 103 cm³/mol. The average molecular weight is 306 g/mol. The molecule has 0 heterocycles. The first-order chi connectivity index (χ1) is 11.2. The topological polar surface area (TPSA) is 0 Å². The minimum Gasteiger partial charge on any atom is -0.0949 e. The van der Waals surface area contributed by atoms with Crippen molar-refractivity contribution in [2.45, 2.75) is 59.3 Å². The van der Waals surface area contributed by atoms with Crippen LogP contribution < -0.4 is 0 Å². The van der Waals surface area contributed by atoms with Gasteiger partial charge in [-0.1, -0.05) is 81.8 Å². The molecule has 1 aliphatic rings. The van der Waals surface area contributed by atoms with Gasteiger partial charge in [-0.15, -0.1) is 0 Å². The third-order valence-corrected chi connectivity index (χ3v) is 4.63. The van der Waals surface area contributed by atoms with E-state index < -0.39 is 0 Å². The van der Waals surface area contributed by atoms with Crippen molar-refractivity contribution < 1.29 is 0 Å². The van der Waals surface area contributed by atoms with Gasteiger partial charge in [0.15, 0.2) is 0 Å². The molecule has 0 aromatic heterocycles. The third kappa shape index (κ3) is 4.82. The maximum Gasteiger partial charge on any atom is -0.00256 e. The summed E-state index contributed by atoms with van der Waals surface area (Å²) < 4.78 is 0. The first-order valence-corrected chi connectivity index (χ1v) is 9.03. The van der Waals surface area contributed by atoms with Gasteiger partial charge in [0.2, 0.25) is 0 Å². The van der Waals surface area contributed by atoms with Crippen molar-refractivity contribution in [1.29, 1.82) is 0 Å². The highest BCUT2D eigenvalue weighted by Crippen LogP contribution is 2.23. The lowest BCUT2D eigenvalue weighted by atomic mass is 9.94. The SMILES string of the molecule is C=C(Cc1ccc(CC)c(CCC)c1)C1=CC=C(CC)CC=C1. The average Bonchev–Trinajstić information content (AvgIpc) is 2.81. The van der Waals surface area contributed by atoms with Crippen LogP contribution in [-0.2, 0) is 19.3 Å². The smallest absolute Gasteiger partial charge is 0.00256 e. The second-order valence-corrected chi connectivity index (χ2v) is 6.39. The minimum absolute atomic E-state index is 0.937. The zero-order valence-corrected chi connectivity index (χ0v) is 15.0. The van der Waals surface area contributed by atoms with E-state index in [4.69, 9.17) is 0 Å². The van der Waals surface area contributed by atoms with Gasteiger partial charge in [0.25, 0.3) is 0 Å². The molecule has 0 saturated carbocycles. The van der Waals surface area contributed by atoms with Crippen molar-refractivity contribution >= 4 is 0 Å². The lowest BCUT2D eigenvalue weighted by molar-refractivity contribution is 0.895. The van der Waals surface area contributed by atoms with Crippen LogP contribution in [0.2, 0.25) is 0 Å². The van der Waals surface area contributed by atoms with E-state index in [1.165, 1.54) is 46.3 Å². The lowest BCUT2D eigenvalue weighted by Gasteiger charge is -2.12. The molecule has 0 spiro atoms. The van der Waals surface area contributed by atoms with E-state index in [0.29, 0.717) is 0 Å². The molecule has 0 radical (unpaired) electrons. The molecule has 0 saturated heterocycles. The van der Waals surface area contributed by atoms with Crippen molar-refractivity contribution in [3.8, 4) is 0 Å². The molecule has 0 bridgehead atoms. The van der Waals surface area contributed by atoms with Crippen LogP contribution in [0.15, 0.2) is 65.8 Å². The molecule has 1 aromatic rings. The molecule has 0 unspecified atom stereocenters. The van der Waals surface area contributed by atoms with Crippen molar-refractivity contribution in [3.63, 3.8) is 0 Å². The van der Waals surface area contributed by atoms with Gasteiger partial charge in [-0.3, -0.25) is 0 Å². The Morgan fingerprint density at radius 1 is 1.04 bits per heavy atom. The number of hydrogen-bond donors (Lipinski definition) is 0. The molecular weight excluding hydrogens is 276 g/mol. The van der Waals surface area contributed by atoms with Gasteiger partial charge in [-0.25, -0.2) is 0 Å². The summed E-state index contributed by atoms with van der Waals surface area (Å²) in [7, 11) is 0. The van der Waals surface area contributed by atoms with E-state index >= 15 is 0 Å². The normalized spacial score (nSPS) is 14.2. The van der Waals surface area contributed by atoms with Gasteiger partial charge in [-0.2, -0.15) is 0 Å². The molecule has 0 atom stereocenters. The molecular formula is C23H30. The second kappa shape index (κ2) is 8.72. The maximum atomic E-state index is 4.34. The second-order valence-electron chi connectivity index (χ2n) is 6.39. The zero-order chi connectivity index (χ0) is 16.7. The van der Waals surface area contributed by atoms with Crippen LogP contribution in [0.3, 0.4) is 0 Å². The summed E-state index contributed by atoms with van der Waals surface area (Å²) in [5.74, 6) is 0. The first kappa shape index (κ1) is 17.5. The quantitative estimate of drug-likeness (QED) is 0.537. The molecule has 23 heavy (non-hydrogen) atoms. The summed E-state index contributed by atoms with van der Waals surface area (Å²) in [6, 6.07) is 6.97. The molecule has 1 aliphatic carbocycles. The van der Waals surface area contributed by atoms with Crippen molar-refractivity contribution in [2.75, 3.05) is 0 Å². The van der Waals surface area contributed by atoms with Crippen LogP contribution in [0.5, 0.6) is 0 Å². The van der Waals surface area contributed by atoms with Crippen LogP contribution in [0.4, 0.5) is 0 Å². The molecule has 0 amide bonds. The van der Waals surface area contributed by atoms with Gasteiger partial charge in [-0.05, 0) is 59.9 Å². The van der Waals surface area contributed by atoms with E-state index in [-0.39, 0.29) is 0 Å². The number of allylic oxidation sites excluding steroid dienone is 7. The molecule has 0 aliphatic heterocycles. The van der Waals surface area contributed by atoms with Gasteiger partial charge >= 0.3 is 0 Å². The van der Waals surface area contributed by atoms with E-state index in [1.807, 2.05) is 0 Å². The molecule has 0 N–H and O–H groups in total. The number of rotatable bonds is 7. The summed E-state index contributed by atoms with van der Waals surface area (Å²) in [4.78, 5) is 0. The summed E-state index contributed by atoms with van der Waals surface area (Å²) in [6.07, 6.45) is 15.6. The highest BCUT2D eigenvalue weighted by Gasteiger charge is 2.06. The van der Waals surface area contributed by atoms with Crippen LogP contribution in [0.25, 0.3) is 0 Å². The van der Waals surface area contributed by atoms with Gasteiger partial charge in [0, 0.05) is 0 Å². The van der Waals surface area contributed by atoms with Crippen molar-refractivity contribution in [3.05, 3.63) is 82.5 Å². The van der Waals surface area contributed by atoms with E-state index in [0.717, 1.165) is 25.7 Å². The Hall–Kier alpha value is -1.82. The van der Waals surface area contributed by atoms with E-state index in [9.17, 15) is 0 Å². The van der Waals surface area contributed by atoms with Gasteiger partial charge in [0.1, 0.15) is 0 Å². The molecule has 0 fully saturated rings. The fourth-order valence-corrected chi connectivity index (χ4v) is 3.15. The van der Waals surface area contributed by atoms with Crippen molar-refractivity contribution in [1.82, 2.24) is 0 Å². The Morgan fingerprint density at radius 3 is 2.57 bits per heavy atom. The first-order valence-electron chi connectivity index (χ1n) is 9.03. The summed E-state index contributed by atoms with van der Waals surface area (Å²) >= 11 is 0. The fourth-order valence-electron chi connectivity index (χ4n) is 3.15. The lowest BCUT2D eigenvalue weighted by Crippen LogP contribution is -1.97. The van der Waals surface area contributed by atoms with Gasteiger partial charge < -0.3 is 0 Å². The number of hydrogen-bond acceptors (Lipinski definition) is 0. The number of benzene rings is 1. The molecule has 0 nitrogen and oxygen atoms in total. The van der Waals surface area contributed by atoms with Crippen molar-refractivity contribution in [2.24, 2.45) is 0 Å². The Morgan fingerprint density at radius 2 is 1.87 bits per heavy atom. The molecule has 0 heteroatoms. The van der Waals surface area contributed by atoms with E-state index in [1.54, 1.807) is 0 Å². The third-order valence-electron chi connectivity index (χ3n) is 4.63. The van der Waals surface area contributed by atoms with E-state index in [2.05, 4.69) is 69.9 Å². The Kier molecular flexibility index (Phi) is 6.65. The Balaban J connectivity index is 2.15. The molecule has 1 aromatic carbocycles. The fraction of sp³-hybridized carbons (Fsp3) is 0.391. The largest absolute Gasteiger partial charge is 0.0949 e. The maximum absolute atomic E-state index is 4.34. The highest BCUT2D eigenvalue weighted by atomic mass is 14.1. The monoisotopic (exact) mass is 306 g/mol. The Labute approximate surface area is 142 Å². The molecule has 122 valence electrons. The Bertz CT molecular complexity index is 638. The van der Waals surface area contributed by atoms with Crippen LogP contribution >= 0.6 is 0 Å². The summed E-state index contributed by atoms with van der Waals surface area (Å²) in [6.45, 7) is 11.1. The van der Waals surface area contributed by atoms with Crippen LogP contribution in [0.1, 0.15) is 56.7 Å². The molecule has 2 rings (SSSR count). The van der Waals surface area contributed by atoms with Gasteiger partial charge in [0.05, 0.1) is 0 Å². The minimum atomic E-state index is 0.937. The van der Waals surface area contributed by atoms with Crippen LogP contribution in [-0.4, -0.2) is 0 Å².